The zero-order valence-electron chi connectivity index (χ0n) is 33.1. The predicted molar refractivity (Wildman–Crippen MR) is 213 cm³/mol. The lowest BCUT2D eigenvalue weighted by Crippen LogP contribution is -2.53. The van der Waals surface area contributed by atoms with E-state index in [4.69, 9.17) is 29.0 Å². The maximum atomic E-state index is 14.1. The van der Waals surface area contributed by atoms with Gasteiger partial charge in [0, 0.05) is 6.61 Å². The molecule has 1 fully saturated rings. The molecule has 17 heteroatoms. The Labute approximate surface area is 335 Å². The molecule has 1 unspecified atom stereocenters. The Balaban J connectivity index is 1.26. The molecule has 1 aliphatic heterocycles. The lowest BCUT2D eigenvalue weighted by Gasteiger charge is -2.33. The number of nitrogen functional groups attached to an aromatic ring is 1. The van der Waals surface area contributed by atoms with Gasteiger partial charge in [0.25, 0.3) is 0 Å². The van der Waals surface area contributed by atoms with Gasteiger partial charge in [0.1, 0.15) is 35.5 Å². The summed E-state index contributed by atoms with van der Waals surface area (Å²) in [4.78, 5) is 18.5. The van der Waals surface area contributed by atoms with Crippen LogP contribution in [-0.4, -0.2) is 93.8 Å². The molecule has 0 spiro atoms. The van der Waals surface area contributed by atoms with E-state index < -0.39 is 56.9 Å². The molecule has 5 N–H and O–H groups in total. The number of rotatable bonds is 29. The van der Waals surface area contributed by atoms with E-state index in [2.05, 4.69) is 28.7 Å². The molecule has 5 atom stereocenters. The molecule has 3 heterocycles. The molecule has 15 nitrogen and oxygen atoms in total. The highest BCUT2D eigenvalue weighted by Gasteiger charge is 2.60. The third-order valence-corrected chi connectivity index (χ3v) is 11.2. The first kappa shape index (κ1) is 46.3. The maximum Gasteiger partial charge on any atom is 0.472 e. The Morgan fingerprint density at radius 3 is 2.39 bits per heavy atom. The number of unbranched alkanes of at least 4 members (excludes halogenated alkanes) is 13. The first-order chi connectivity index (χ1) is 27.5. The molecular formula is C40H60FN6O9P. The number of aromatic nitrogens is 3. The Bertz CT molecular complexity index is 1780. The lowest BCUT2D eigenvalue weighted by atomic mass is 9.85. The van der Waals surface area contributed by atoms with E-state index in [1.165, 1.54) is 99.7 Å². The number of ether oxygens (including phenoxy) is 3. The molecule has 57 heavy (non-hydrogen) atoms. The van der Waals surface area contributed by atoms with Crippen molar-refractivity contribution in [3.63, 3.8) is 0 Å². The highest BCUT2D eigenvalue weighted by Crippen LogP contribution is 2.48. The summed E-state index contributed by atoms with van der Waals surface area (Å²) < 4.78 is 56.9. The summed E-state index contributed by atoms with van der Waals surface area (Å²) in [5, 5.41) is 36.5. The zero-order chi connectivity index (χ0) is 41.2. The molecule has 1 saturated heterocycles. The topological polar surface area (TPSA) is 216 Å². The van der Waals surface area contributed by atoms with Crippen LogP contribution in [0.2, 0.25) is 0 Å². The van der Waals surface area contributed by atoms with Crippen LogP contribution in [0.25, 0.3) is 5.52 Å². The number of aliphatic imine (C=N–C) groups is 1. The maximum absolute atomic E-state index is 14.1. The highest BCUT2D eigenvalue weighted by atomic mass is 31.2. The molecule has 0 aliphatic carbocycles. The van der Waals surface area contributed by atoms with Gasteiger partial charge in [-0.05, 0) is 49.0 Å². The van der Waals surface area contributed by atoms with Crippen LogP contribution in [0.4, 0.5) is 10.2 Å². The van der Waals surface area contributed by atoms with Crippen molar-refractivity contribution < 1.29 is 47.3 Å². The Morgan fingerprint density at radius 1 is 1.07 bits per heavy atom. The van der Waals surface area contributed by atoms with Crippen LogP contribution in [0.3, 0.4) is 0 Å². The summed E-state index contributed by atoms with van der Waals surface area (Å²) >= 11 is 0. The molecule has 0 amide bonds. The van der Waals surface area contributed by atoms with Crippen LogP contribution < -0.4 is 5.73 Å². The quantitative estimate of drug-likeness (QED) is 0.0332. The molecule has 2 aromatic heterocycles. The number of hydrogen-bond donors (Lipinski definition) is 4. The minimum absolute atomic E-state index is 0.00259. The second-order valence-electron chi connectivity index (χ2n) is 14.8. The first-order valence-electron chi connectivity index (χ1n) is 20.0. The van der Waals surface area contributed by atoms with Crippen LogP contribution in [-0.2, 0) is 40.0 Å². The fourth-order valence-corrected chi connectivity index (χ4v) is 7.82. The fraction of sp³-hybridized carbons (Fsp3) is 0.650. The number of fused-ring (bicyclic) bond motifs is 1. The molecule has 1 aromatic carbocycles. The minimum Gasteiger partial charge on any atom is -0.386 e. The smallest absolute Gasteiger partial charge is 0.386 e. The number of halogens is 1. The summed E-state index contributed by atoms with van der Waals surface area (Å²) in [6.45, 7) is 4.09. The van der Waals surface area contributed by atoms with E-state index >= 15 is 0 Å². The SMILES string of the molecule is C=NC[C@]1(COP(=O)(O)OC[C@H](COCCCCCCCCCCCCCCCC)OCc2cc(F)cc(C#N)c2)OC[C@](O)(c2ccc3c(N)ncnn23)[C@@H]1O. The van der Waals surface area contributed by atoms with Crippen LogP contribution >= 0.6 is 7.82 Å². The Kier molecular flexibility index (Phi) is 18.9. The summed E-state index contributed by atoms with van der Waals surface area (Å²) in [7, 11) is -4.85. The first-order valence-corrected chi connectivity index (χ1v) is 21.5. The molecule has 0 bridgehead atoms. The van der Waals surface area contributed by atoms with Crippen molar-refractivity contribution in [1.29, 1.82) is 5.26 Å². The van der Waals surface area contributed by atoms with Crippen molar-refractivity contribution in [3.05, 3.63) is 59.3 Å². The van der Waals surface area contributed by atoms with Gasteiger partial charge >= 0.3 is 7.82 Å². The van der Waals surface area contributed by atoms with Crippen LogP contribution in [0, 0.1) is 17.1 Å². The standard InChI is InChI=1S/C40H60FN6O9P/c1-3-4-5-6-7-8-9-10-11-12-13-14-15-16-19-52-25-34(53-24-32-20-31(23-42)21-33(41)22-32)26-55-57(50,51)56-28-39(27-44-2)38(48)40(49,29-54-39)36-18-17-35-37(43)45-30-46-47(35)36/h17-18,20-22,30,34,38,48-49H,2-16,19,24-29H2,1H3,(H,50,51)(H2,43,45,46)/t34-,38+,39+,40-/m0/s1. The summed E-state index contributed by atoms with van der Waals surface area (Å²) in [5.74, 6) is -0.448. The molecule has 0 saturated carbocycles. The van der Waals surface area contributed by atoms with E-state index in [1.54, 1.807) is 6.07 Å². The molecule has 3 aromatic rings. The van der Waals surface area contributed by atoms with Crippen molar-refractivity contribution in [2.24, 2.45) is 4.99 Å². The third-order valence-electron chi connectivity index (χ3n) is 10.2. The van der Waals surface area contributed by atoms with Crippen molar-refractivity contribution in [1.82, 2.24) is 14.6 Å². The second kappa shape index (κ2) is 23.3. The number of anilines is 1. The molecule has 1 aliphatic rings. The van der Waals surface area contributed by atoms with E-state index in [9.17, 15) is 29.3 Å². The van der Waals surface area contributed by atoms with E-state index in [1.807, 2.05) is 6.07 Å². The summed E-state index contributed by atoms with van der Waals surface area (Å²) in [6.07, 6.45) is 15.8. The molecule has 4 rings (SSSR count). The molecule has 0 radical (unpaired) electrons. The van der Waals surface area contributed by atoms with Gasteiger partial charge in [-0.1, -0.05) is 90.4 Å². The highest BCUT2D eigenvalue weighted by molar-refractivity contribution is 7.47. The zero-order valence-corrected chi connectivity index (χ0v) is 34.0. The van der Waals surface area contributed by atoms with Gasteiger partial charge in [-0.15, -0.1) is 0 Å². The van der Waals surface area contributed by atoms with Gasteiger partial charge in [-0.2, -0.15) is 10.4 Å². The van der Waals surface area contributed by atoms with Crippen molar-refractivity contribution in [2.45, 2.75) is 127 Å². The monoisotopic (exact) mass is 818 g/mol. The van der Waals surface area contributed by atoms with Crippen LogP contribution in [0.5, 0.6) is 0 Å². The van der Waals surface area contributed by atoms with E-state index in [0.29, 0.717) is 17.7 Å². The largest absolute Gasteiger partial charge is 0.472 e. The number of phosphoric ester groups is 1. The number of nitriles is 1. The van der Waals surface area contributed by atoms with Gasteiger partial charge < -0.3 is 35.1 Å². The number of nitrogens with zero attached hydrogens (tertiary/aromatic N) is 5. The number of aliphatic hydroxyl groups is 2. The second-order valence-corrected chi connectivity index (χ2v) is 16.3. The lowest BCUT2D eigenvalue weighted by molar-refractivity contribution is -0.105. The summed E-state index contributed by atoms with van der Waals surface area (Å²) in [5.41, 5.74) is 3.13. The molecule has 316 valence electrons. The number of hydrogen-bond acceptors (Lipinski definition) is 13. The normalized spacial score (nSPS) is 21.1. The van der Waals surface area contributed by atoms with Crippen LogP contribution in [0.1, 0.15) is 114 Å². The predicted octanol–water partition coefficient (Wildman–Crippen LogP) is 6.56. The average Bonchev–Trinajstić information content (AvgIpc) is 3.75. The van der Waals surface area contributed by atoms with E-state index in [-0.39, 0.29) is 36.8 Å². The summed E-state index contributed by atoms with van der Waals surface area (Å²) in [6, 6.07) is 8.81. The van der Waals surface area contributed by atoms with E-state index in [0.717, 1.165) is 25.3 Å². The van der Waals surface area contributed by atoms with Gasteiger partial charge in [0.2, 0.25) is 0 Å². The minimum atomic E-state index is -4.85. The number of aliphatic hydroxyl groups excluding tert-OH is 1. The van der Waals surface area contributed by atoms with Gasteiger partial charge in [0.05, 0.1) is 56.9 Å². The van der Waals surface area contributed by atoms with Gasteiger partial charge in [0.15, 0.2) is 11.4 Å². The Morgan fingerprint density at radius 2 is 1.74 bits per heavy atom. The average molecular weight is 819 g/mol. The number of benzene rings is 1. The number of nitrogens with two attached hydrogens (primary N) is 1. The van der Waals surface area contributed by atoms with Crippen molar-refractivity contribution in [2.75, 3.05) is 45.3 Å². The molecular weight excluding hydrogens is 758 g/mol. The fourth-order valence-electron chi connectivity index (χ4n) is 7.00. The van der Waals surface area contributed by atoms with Crippen LogP contribution in [0.15, 0.2) is 41.7 Å². The van der Waals surface area contributed by atoms with Crippen molar-refractivity contribution >= 4 is 25.9 Å². The number of phosphoric acid groups is 1. The van der Waals surface area contributed by atoms with Gasteiger partial charge in [-0.3, -0.25) is 14.0 Å². The van der Waals surface area contributed by atoms with Gasteiger partial charge in [-0.25, -0.2) is 18.5 Å². The Hall–Kier alpha value is -3.36. The third kappa shape index (κ3) is 13.9. The van der Waals surface area contributed by atoms with Crippen molar-refractivity contribution in [3.8, 4) is 6.07 Å².